The monoisotopic (exact) mass is 434 g/mol. The fraction of sp³-hybridized carbons (Fsp3) is 0.389. The first-order valence-corrected chi connectivity index (χ1v) is 10.6. The van der Waals surface area contributed by atoms with Gasteiger partial charge in [-0.3, -0.25) is 9.36 Å². The Hall–Kier alpha value is -2.59. The Bertz CT molecular complexity index is 1070. The Morgan fingerprint density at radius 2 is 2.17 bits per heavy atom. The van der Waals surface area contributed by atoms with Crippen molar-refractivity contribution in [2.45, 2.75) is 44.1 Å². The van der Waals surface area contributed by atoms with E-state index in [9.17, 15) is 9.59 Å². The van der Waals surface area contributed by atoms with Crippen molar-refractivity contribution in [2.24, 2.45) is 0 Å². The smallest absolute Gasteiger partial charge is 0.343 e. The van der Waals surface area contributed by atoms with Crippen LogP contribution in [0.1, 0.15) is 25.7 Å². The van der Waals surface area contributed by atoms with Crippen molar-refractivity contribution in [2.75, 3.05) is 5.75 Å². The molecule has 1 fully saturated rings. The van der Waals surface area contributed by atoms with Crippen LogP contribution in [0.4, 0.5) is 0 Å². The van der Waals surface area contributed by atoms with Gasteiger partial charge in [-0.2, -0.15) is 0 Å². The SMILES string of the molecule is CCn1c(SCC(=O)N(Cc2nnc(-c3ccccc3Cl)o2)C2CC2)n[nH]c1=O. The van der Waals surface area contributed by atoms with Gasteiger partial charge in [0.2, 0.25) is 17.7 Å². The topological polar surface area (TPSA) is 110 Å². The normalized spacial score (nSPS) is 13.6. The zero-order chi connectivity index (χ0) is 20.4. The van der Waals surface area contributed by atoms with E-state index in [-0.39, 0.29) is 29.9 Å². The van der Waals surface area contributed by atoms with Crippen molar-refractivity contribution in [3.8, 4) is 11.5 Å². The van der Waals surface area contributed by atoms with Gasteiger partial charge in [-0.15, -0.1) is 15.3 Å². The van der Waals surface area contributed by atoms with Crippen molar-refractivity contribution in [1.29, 1.82) is 0 Å². The summed E-state index contributed by atoms with van der Waals surface area (Å²) >= 11 is 7.42. The summed E-state index contributed by atoms with van der Waals surface area (Å²) in [5.41, 5.74) is 0.378. The van der Waals surface area contributed by atoms with Gasteiger partial charge in [0.05, 0.1) is 22.9 Å². The second-order valence-electron chi connectivity index (χ2n) is 6.58. The number of carbonyl (C=O) groups is 1. The molecule has 11 heteroatoms. The van der Waals surface area contributed by atoms with Crippen LogP contribution in [0, 0.1) is 0 Å². The number of benzene rings is 1. The van der Waals surface area contributed by atoms with E-state index in [0.29, 0.717) is 34.1 Å². The van der Waals surface area contributed by atoms with Crippen LogP contribution in [0.15, 0.2) is 38.6 Å². The molecular weight excluding hydrogens is 416 g/mol. The lowest BCUT2D eigenvalue weighted by molar-refractivity contribution is -0.129. The van der Waals surface area contributed by atoms with Crippen LogP contribution in [0.5, 0.6) is 0 Å². The van der Waals surface area contributed by atoms with Gasteiger partial charge >= 0.3 is 5.69 Å². The Labute approximate surface area is 175 Å². The van der Waals surface area contributed by atoms with E-state index in [1.54, 1.807) is 17.0 Å². The number of thioether (sulfide) groups is 1. The lowest BCUT2D eigenvalue weighted by Crippen LogP contribution is -2.34. The molecule has 1 N–H and O–H groups in total. The molecule has 0 radical (unpaired) electrons. The molecule has 1 aliphatic carbocycles. The number of rotatable bonds is 8. The highest BCUT2D eigenvalue weighted by Gasteiger charge is 2.34. The molecule has 1 aliphatic rings. The molecule has 152 valence electrons. The van der Waals surface area contributed by atoms with Crippen molar-refractivity contribution in [3.05, 3.63) is 45.7 Å². The third-order valence-corrected chi connectivity index (χ3v) is 5.84. The minimum Gasteiger partial charge on any atom is -0.419 e. The first-order chi connectivity index (χ1) is 14.1. The van der Waals surface area contributed by atoms with Crippen LogP contribution >= 0.6 is 23.4 Å². The molecule has 0 aliphatic heterocycles. The molecule has 29 heavy (non-hydrogen) atoms. The van der Waals surface area contributed by atoms with E-state index in [1.165, 1.54) is 16.3 Å². The highest BCUT2D eigenvalue weighted by Crippen LogP contribution is 2.31. The Kier molecular flexibility index (Phi) is 5.72. The maximum atomic E-state index is 12.8. The van der Waals surface area contributed by atoms with Crippen molar-refractivity contribution >= 4 is 29.3 Å². The van der Waals surface area contributed by atoms with Crippen LogP contribution < -0.4 is 5.69 Å². The van der Waals surface area contributed by atoms with Crippen molar-refractivity contribution in [3.63, 3.8) is 0 Å². The molecule has 0 unspecified atom stereocenters. The van der Waals surface area contributed by atoms with E-state index in [1.807, 2.05) is 19.1 Å². The zero-order valence-corrected chi connectivity index (χ0v) is 17.2. The zero-order valence-electron chi connectivity index (χ0n) is 15.7. The molecule has 1 amide bonds. The highest BCUT2D eigenvalue weighted by molar-refractivity contribution is 7.99. The first kappa shape index (κ1) is 19.7. The summed E-state index contributed by atoms with van der Waals surface area (Å²) in [6.07, 6.45) is 1.90. The summed E-state index contributed by atoms with van der Waals surface area (Å²) < 4.78 is 7.23. The maximum Gasteiger partial charge on any atom is 0.343 e. The molecule has 1 aromatic carbocycles. The number of aromatic nitrogens is 5. The molecule has 2 aromatic heterocycles. The van der Waals surface area contributed by atoms with Gasteiger partial charge in [-0.25, -0.2) is 9.89 Å². The van der Waals surface area contributed by atoms with E-state index >= 15 is 0 Å². The van der Waals surface area contributed by atoms with Crippen LogP contribution in [-0.4, -0.2) is 47.6 Å². The Balaban J connectivity index is 1.44. The number of nitrogens with one attached hydrogen (secondary N) is 1. The Morgan fingerprint density at radius 1 is 1.38 bits per heavy atom. The second-order valence-corrected chi connectivity index (χ2v) is 7.93. The van der Waals surface area contributed by atoms with Gasteiger partial charge in [0.1, 0.15) is 0 Å². The van der Waals surface area contributed by atoms with Gasteiger partial charge in [0, 0.05) is 12.6 Å². The average Bonchev–Trinajstić information content (AvgIpc) is 3.34. The summed E-state index contributed by atoms with van der Waals surface area (Å²) in [5.74, 6) is 0.793. The fourth-order valence-corrected chi connectivity index (χ4v) is 4.03. The number of nitrogens with zero attached hydrogens (tertiary/aromatic N) is 5. The molecule has 9 nitrogen and oxygen atoms in total. The number of hydrogen-bond donors (Lipinski definition) is 1. The number of carbonyl (C=O) groups excluding carboxylic acids is 1. The van der Waals surface area contributed by atoms with Gasteiger partial charge in [-0.05, 0) is 31.9 Å². The predicted molar refractivity (Wildman–Crippen MR) is 108 cm³/mol. The molecule has 3 aromatic rings. The molecule has 0 atom stereocenters. The van der Waals surface area contributed by atoms with Crippen LogP contribution in [0.3, 0.4) is 0 Å². The van der Waals surface area contributed by atoms with Gasteiger partial charge in [0.25, 0.3) is 0 Å². The van der Waals surface area contributed by atoms with Gasteiger partial charge in [-0.1, -0.05) is 35.5 Å². The first-order valence-electron chi connectivity index (χ1n) is 9.21. The molecule has 0 saturated heterocycles. The lowest BCUT2D eigenvalue weighted by Gasteiger charge is -2.20. The molecule has 0 spiro atoms. The summed E-state index contributed by atoms with van der Waals surface area (Å²) in [6.45, 7) is 2.58. The molecule has 2 heterocycles. The maximum absolute atomic E-state index is 12.8. The van der Waals surface area contributed by atoms with E-state index in [4.69, 9.17) is 16.0 Å². The number of halogens is 1. The Morgan fingerprint density at radius 3 is 2.90 bits per heavy atom. The van der Waals surface area contributed by atoms with E-state index in [0.717, 1.165) is 12.8 Å². The summed E-state index contributed by atoms with van der Waals surface area (Å²) in [4.78, 5) is 26.2. The van der Waals surface area contributed by atoms with Crippen LogP contribution in [0.25, 0.3) is 11.5 Å². The van der Waals surface area contributed by atoms with Crippen LogP contribution in [0.2, 0.25) is 5.02 Å². The van der Waals surface area contributed by atoms with Gasteiger partial charge < -0.3 is 9.32 Å². The third kappa shape index (κ3) is 4.38. The summed E-state index contributed by atoms with van der Waals surface area (Å²) in [6, 6.07) is 7.39. The predicted octanol–water partition coefficient (Wildman–Crippen LogP) is 2.58. The lowest BCUT2D eigenvalue weighted by atomic mass is 10.2. The minimum absolute atomic E-state index is 0.0619. The second kappa shape index (κ2) is 8.42. The number of amides is 1. The standard InChI is InChI=1S/C18H19ClN6O3S/c1-2-24-17(27)22-23-18(24)29-10-15(26)25(11-7-8-11)9-14-20-21-16(28-14)12-5-3-4-6-13(12)19/h3-6,11H,2,7-10H2,1H3,(H,22,27). The third-order valence-electron chi connectivity index (χ3n) is 4.55. The van der Waals surface area contributed by atoms with Gasteiger partial charge in [0.15, 0.2) is 5.16 Å². The van der Waals surface area contributed by atoms with Crippen LogP contribution in [-0.2, 0) is 17.9 Å². The highest BCUT2D eigenvalue weighted by atomic mass is 35.5. The fourth-order valence-electron chi connectivity index (χ4n) is 2.92. The summed E-state index contributed by atoms with van der Waals surface area (Å²) in [7, 11) is 0. The largest absolute Gasteiger partial charge is 0.419 e. The molecule has 1 saturated carbocycles. The summed E-state index contributed by atoms with van der Waals surface area (Å²) in [5, 5.41) is 15.5. The number of aromatic amines is 1. The quantitative estimate of drug-likeness (QED) is 0.542. The van der Waals surface area contributed by atoms with Crippen molar-refractivity contribution < 1.29 is 9.21 Å². The minimum atomic E-state index is -0.278. The number of hydrogen-bond acceptors (Lipinski definition) is 7. The van der Waals surface area contributed by atoms with Crippen molar-refractivity contribution in [1.82, 2.24) is 29.9 Å². The van der Waals surface area contributed by atoms with E-state index < -0.39 is 0 Å². The molecular formula is C18H19ClN6O3S. The molecule has 4 rings (SSSR count). The average molecular weight is 435 g/mol. The molecule has 0 bridgehead atoms. The number of H-pyrrole nitrogens is 1. The van der Waals surface area contributed by atoms with E-state index in [2.05, 4.69) is 20.4 Å².